The lowest BCUT2D eigenvalue weighted by molar-refractivity contribution is -0.118. The molecule has 0 N–H and O–H groups in total. The Morgan fingerprint density at radius 3 is 2.42 bits per heavy atom. The third-order valence-electron chi connectivity index (χ3n) is 6.33. The maximum absolute atomic E-state index is 13.6. The molecule has 33 heavy (non-hydrogen) atoms. The third kappa shape index (κ3) is 3.69. The van der Waals surface area contributed by atoms with Crippen molar-refractivity contribution < 1.29 is 14.0 Å². The maximum atomic E-state index is 13.6. The van der Waals surface area contributed by atoms with Crippen LogP contribution < -0.4 is 9.80 Å². The number of rotatable bonds is 4. The number of benzene rings is 3. The number of anilines is 2. The Bertz CT molecular complexity index is 1280. The molecule has 0 spiro atoms. The van der Waals surface area contributed by atoms with Gasteiger partial charge in [-0.2, -0.15) is 0 Å². The first kappa shape index (κ1) is 21.0. The van der Waals surface area contributed by atoms with E-state index in [-0.39, 0.29) is 23.9 Å². The Labute approximate surface area is 193 Å². The zero-order chi connectivity index (χ0) is 22.9. The van der Waals surface area contributed by atoms with Gasteiger partial charge in [-0.25, -0.2) is 0 Å². The fraction of sp³-hybridized carbons (Fsp3) is 0.214. The molecule has 2 atom stereocenters. The fourth-order valence-corrected chi connectivity index (χ4v) is 4.80. The third-order valence-corrected chi connectivity index (χ3v) is 6.33. The highest BCUT2D eigenvalue weighted by Gasteiger charge is 2.39. The van der Waals surface area contributed by atoms with Gasteiger partial charge in [0.25, 0.3) is 5.91 Å². The van der Waals surface area contributed by atoms with Gasteiger partial charge in [-0.1, -0.05) is 61.5 Å². The van der Waals surface area contributed by atoms with Crippen molar-refractivity contribution in [2.75, 3.05) is 9.80 Å². The molecule has 0 fully saturated rings. The first-order chi connectivity index (χ1) is 16.1. The lowest BCUT2D eigenvalue weighted by atomic mass is 9.89. The second kappa shape index (κ2) is 8.58. The normalized spacial score (nSPS) is 17.6. The van der Waals surface area contributed by atoms with Crippen LogP contribution in [-0.2, 0) is 4.79 Å². The second-order valence-corrected chi connectivity index (χ2v) is 8.44. The molecule has 0 unspecified atom stereocenters. The topological polar surface area (TPSA) is 53.8 Å². The van der Waals surface area contributed by atoms with E-state index in [4.69, 9.17) is 4.42 Å². The maximum Gasteiger partial charge on any atom is 0.294 e. The van der Waals surface area contributed by atoms with Gasteiger partial charge in [-0.15, -0.1) is 0 Å². The summed E-state index contributed by atoms with van der Waals surface area (Å²) in [7, 11) is 0. The number of fused-ring (bicyclic) bond motifs is 2. The predicted molar refractivity (Wildman–Crippen MR) is 131 cm³/mol. The first-order valence-corrected chi connectivity index (χ1v) is 11.4. The van der Waals surface area contributed by atoms with Gasteiger partial charge in [0.2, 0.25) is 5.91 Å². The summed E-state index contributed by atoms with van der Waals surface area (Å²) in [5.74, 6) is 0.212. The lowest BCUT2D eigenvalue weighted by Crippen LogP contribution is -2.47. The Hall–Kier alpha value is -3.86. The van der Waals surface area contributed by atoms with Gasteiger partial charge >= 0.3 is 0 Å². The Morgan fingerprint density at radius 1 is 0.970 bits per heavy atom. The van der Waals surface area contributed by atoms with E-state index in [2.05, 4.69) is 0 Å². The van der Waals surface area contributed by atoms with Crippen LogP contribution in [0.25, 0.3) is 11.0 Å². The van der Waals surface area contributed by atoms with E-state index in [1.807, 2.05) is 103 Å². The number of para-hydroxylation sites is 3. The first-order valence-electron chi connectivity index (χ1n) is 11.4. The van der Waals surface area contributed by atoms with Crippen molar-refractivity contribution in [3.8, 4) is 0 Å². The van der Waals surface area contributed by atoms with Gasteiger partial charge in [0.05, 0.1) is 6.04 Å². The van der Waals surface area contributed by atoms with E-state index >= 15 is 0 Å². The number of carbonyl (C=O) groups is 2. The Kier molecular flexibility index (Phi) is 5.47. The highest BCUT2D eigenvalue weighted by Crippen LogP contribution is 2.43. The average molecular weight is 439 g/mol. The Morgan fingerprint density at radius 2 is 1.67 bits per heavy atom. The smallest absolute Gasteiger partial charge is 0.294 e. The SMILES string of the molecule is CCC(=O)N(c1ccccc1)[C@H]1C[C@@H](C)N(C(=O)c2cc3ccccc3o2)c2ccccc21. The molecule has 0 saturated heterocycles. The number of hydrogen-bond acceptors (Lipinski definition) is 3. The number of nitrogens with zero attached hydrogens (tertiary/aromatic N) is 2. The number of carbonyl (C=O) groups excluding carboxylic acids is 2. The molecule has 1 aliphatic heterocycles. The highest BCUT2D eigenvalue weighted by molar-refractivity contribution is 6.07. The van der Waals surface area contributed by atoms with E-state index in [1.165, 1.54) is 0 Å². The Balaban J connectivity index is 1.58. The molecule has 1 aromatic heterocycles. The minimum absolute atomic E-state index is 0.0604. The van der Waals surface area contributed by atoms with Crippen molar-refractivity contribution in [3.05, 3.63) is 96.3 Å². The molecule has 2 heterocycles. The van der Waals surface area contributed by atoms with Crippen molar-refractivity contribution in [3.63, 3.8) is 0 Å². The number of amides is 2. The zero-order valence-corrected chi connectivity index (χ0v) is 18.8. The van der Waals surface area contributed by atoms with Gasteiger partial charge in [-0.3, -0.25) is 9.59 Å². The number of furan rings is 1. The quantitative estimate of drug-likeness (QED) is 0.373. The standard InChI is InChI=1S/C28H26N2O3/c1-3-27(31)30(21-12-5-4-6-13-21)24-17-19(2)29(23-15-9-8-14-22(23)24)28(32)26-18-20-11-7-10-16-25(20)33-26/h4-16,18-19,24H,3,17H2,1-2H3/t19-,24+/m1/s1. The molecule has 5 heteroatoms. The largest absolute Gasteiger partial charge is 0.451 e. The summed E-state index contributed by atoms with van der Waals surface area (Å²) in [6.07, 6.45) is 1.03. The lowest BCUT2D eigenvalue weighted by Gasteiger charge is -2.43. The van der Waals surface area contributed by atoms with Gasteiger partial charge in [-0.05, 0) is 49.2 Å². The molecule has 1 aliphatic rings. The van der Waals surface area contributed by atoms with Crippen LogP contribution in [0.3, 0.4) is 0 Å². The van der Waals surface area contributed by atoms with E-state index in [1.54, 1.807) is 6.07 Å². The van der Waals surface area contributed by atoms with Crippen LogP contribution in [0, 0.1) is 0 Å². The summed E-state index contributed by atoms with van der Waals surface area (Å²) < 4.78 is 5.89. The van der Waals surface area contributed by atoms with E-state index in [9.17, 15) is 9.59 Å². The molecule has 166 valence electrons. The average Bonchev–Trinajstić information content (AvgIpc) is 3.29. The van der Waals surface area contributed by atoms with Crippen molar-refractivity contribution in [2.45, 2.75) is 38.8 Å². The summed E-state index contributed by atoms with van der Waals surface area (Å²) in [5.41, 5.74) is 3.34. The van der Waals surface area contributed by atoms with Crippen LogP contribution in [-0.4, -0.2) is 17.9 Å². The molecule has 0 aliphatic carbocycles. The molecule has 0 saturated carbocycles. The van der Waals surface area contributed by atoms with Crippen molar-refractivity contribution in [1.82, 2.24) is 0 Å². The molecule has 5 nitrogen and oxygen atoms in total. The molecular formula is C28H26N2O3. The van der Waals surface area contributed by atoms with E-state index in [0.29, 0.717) is 24.2 Å². The molecule has 4 aromatic rings. The van der Waals surface area contributed by atoms with E-state index in [0.717, 1.165) is 22.3 Å². The molecule has 2 amide bonds. The molecule has 5 rings (SSSR count). The summed E-state index contributed by atoms with van der Waals surface area (Å²) in [4.78, 5) is 30.4. The van der Waals surface area contributed by atoms with Gasteiger partial charge in [0.15, 0.2) is 5.76 Å². The van der Waals surface area contributed by atoms with Crippen LogP contribution in [0.5, 0.6) is 0 Å². The van der Waals surface area contributed by atoms with E-state index < -0.39 is 0 Å². The number of hydrogen-bond donors (Lipinski definition) is 0. The predicted octanol–water partition coefficient (Wildman–Crippen LogP) is 6.36. The van der Waals surface area contributed by atoms with Crippen molar-refractivity contribution >= 4 is 34.2 Å². The van der Waals surface area contributed by atoms with Crippen LogP contribution in [0.15, 0.2) is 89.3 Å². The van der Waals surface area contributed by atoms with Crippen LogP contribution >= 0.6 is 0 Å². The summed E-state index contributed by atoms with van der Waals surface area (Å²) in [6.45, 7) is 3.91. The van der Waals surface area contributed by atoms with Crippen molar-refractivity contribution in [2.24, 2.45) is 0 Å². The molecule has 0 radical (unpaired) electrons. The summed E-state index contributed by atoms with van der Waals surface area (Å²) >= 11 is 0. The molecule has 0 bridgehead atoms. The zero-order valence-electron chi connectivity index (χ0n) is 18.8. The van der Waals surface area contributed by atoms with Gasteiger partial charge in [0.1, 0.15) is 5.58 Å². The monoisotopic (exact) mass is 438 g/mol. The minimum atomic E-state index is -0.169. The van der Waals surface area contributed by atoms with Crippen LogP contribution in [0.4, 0.5) is 11.4 Å². The molecule has 3 aromatic carbocycles. The summed E-state index contributed by atoms with van der Waals surface area (Å²) in [6, 6.07) is 26.8. The van der Waals surface area contributed by atoms with Crippen LogP contribution in [0.1, 0.15) is 48.8 Å². The van der Waals surface area contributed by atoms with Gasteiger partial charge in [0, 0.05) is 29.2 Å². The highest BCUT2D eigenvalue weighted by atomic mass is 16.3. The van der Waals surface area contributed by atoms with Crippen LogP contribution in [0.2, 0.25) is 0 Å². The van der Waals surface area contributed by atoms with Gasteiger partial charge < -0.3 is 14.2 Å². The minimum Gasteiger partial charge on any atom is -0.451 e. The second-order valence-electron chi connectivity index (χ2n) is 8.44. The molecular weight excluding hydrogens is 412 g/mol. The van der Waals surface area contributed by atoms with Crippen molar-refractivity contribution in [1.29, 1.82) is 0 Å². The summed E-state index contributed by atoms with van der Waals surface area (Å²) in [5, 5.41) is 0.903. The fourth-order valence-electron chi connectivity index (χ4n) is 4.80.